The molecule has 3 nitrogen and oxygen atoms in total. The van der Waals surface area contributed by atoms with Gasteiger partial charge in [0, 0.05) is 6.54 Å². The Morgan fingerprint density at radius 2 is 1.56 bits per heavy atom. The Hall–Kier alpha value is -0.730. The highest BCUT2D eigenvalue weighted by Gasteiger charge is 2.22. The van der Waals surface area contributed by atoms with Gasteiger partial charge in [-0.15, -0.1) is 0 Å². The van der Waals surface area contributed by atoms with Crippen molar-refractivity contribution in [3.8, 4) is 0 Å². The third-order valence-electron chi connectivity index (χ3n) is 5.38. The summed E-state index contributed by atoms with van der Waals surface area (Å²) >= 11 is 4.54. The van der Waals surface area contributed by atoms with Gasteiger partial charge in [0.25, 0.3) is 0 Å². The summed E-state index contributed by atoms with van der Waals surface area (Å²) in [6, 6.07) is 0. The number of thiocarbonyl (C=S) groups is 1. The predicted molar refractivity (Wildman–Crippen MR) is 110 cm³/mol. The standard InChI is InChI=1S/C21H39NO2S/c1-4-5-6-7-8-9-10-13-18(2)19(3)16-20(21(23)24)14-11-12-15-22-17-25/h18-20H,4-16H2,1-3H3,(H,23,24). The Morgan fingerprint density at radius 1 is 0.960 bits per heavy atom. The maximum Gasteiger partial charge on any atom is 0.306 e. The van der Waals surface area contributed by atoms with Crippen LogP contribution in [0.5, 0.6) is 0 Å². The summed E-state index contributed by atoms with van der Waals surface area (Å²) in [4.78, 5) is 15.4. The highest BCUT2D eigenvalue weighted by Crippen LogP contribution is 2.27. The zero-order valence-corrected chi connectivity index (χ0v) is 17.5. The van der Waals surface area contributed by atoms with Crippen molar-refractivity contribution in [2.24, 2.45) is 22.7 Å². The number of unbranched alkanes of at least 4 members (excludes halogenated alkanes) is 7. The minimum atomic E-state index is -0.645. The van der Waals surface area contributed by atoms with Crippen LogP contribution in [0.15, 0.2) is 4.99 Å². The van der Waals surface area contributed by atoms with Crippen molar-refractivity contribution in [1.82, 2.24) is 0 Å². The van der Waals surface area contributed by atoms with Crippen LogP contribution in [0, 0.1) is 17.8 Å². The second kappa shape index (κ2) is 16.7. The van der Waals surface area contributed by atoms with E-state index < -0.39 is 5.97 Å². The van der Waals surface area contributed by atoms with Crippen LogP contribution < -0.4 is 0 Å². The van der Waals surface area contributed by atoms with E-state index in [0.717, 1.165) is 25.7 Å². The molecule has 0 amide bonds. The van der Waals surface area contributed by atoms with E-state index in [-0.39, 0.29) is 5.92 Å². The second-order valence-electron chi connectivity index (χ2n) is 7.60. The van der Waals surface area contributed by atoms with Gasteiger partial charge in [0.1, 0.15) is 0 Å². The monoisotopic (exact) mass is 369 g/mol. The number of rotatable bonds is 17. The molecule has 146 valence electrons. The minimum absolute atomic E-state index is 0.219. The van der Waals surface area contributed by atoms with Crippen LogP contribution in [-0.4, -0.2) is 22.8 Å². The summed E-state index contributed by atoms with van der Waals surface area (Å²) in [6.45, 7) is 7.42. The maximum atomic E-state index is 11.5. The summed E-state index contributed by atoms with van der Waals surface area (Å²) in [5.41, 5.74) is 0. The molecule has 0 aromatic rings. The first kappa shape index (κ1) is 24.3. The Balaban J connectivity index is 3.95. The van der Waals surface area contributed by atoms with Crippen LogP contribution in [0.25, 0.3) is 0 Å². The molecule has 0 radical (unpaired) electrons. The van der Waals surface area contributed by atoms with E-state index in [0.29, 0.717) is 18.4 Å². The van der Waals surface area contributed by atoms with E-state index in [4.69, 9.17) is 0 Å². The van der Waals surface area contributed by atoms with E-state index in [2.05, 4.69) is 43.1 Å². The SMILES string of the molecule is CCCCCCCCCC(C)C(C)CC(CCCCN=C=S)C(=O)O. The highest BCUT2D eigenvalue weighted by molar-refractivity contribution is 7.78. The highest BCUT2D eigenvalue weighted by atomic mass is 32.1. The third kappa shape index (κ3) is 14.2. The molecule has 0 rings (SSSR count). The van der Waals surface area contributed by atoms with Gasteiger partial charge in [0.15, 0.2) is 0 Å². The van der Waals surface area contributed by atoms with Crippen molar-refractivity contribution in [2.45, 2.75) is 97.8 Å². The second-order valence-corrected chi connectivity index (χ2v) is 7.79. The molecule has 0 saturated carbocycles. The molecule has 3 atom stereocenters. The number of hydrogen-bond acceptors (Lipinski definition) is 3. The van der Waals surface area contributed by atoms with Crippen LogP contribution in [0.3, 0.4) is 0 Å². The number of carbonyl (C=O) groups is 1. The van der Waals surface area contributed by atoms with Gasteiger partial charge >= 0.3 is 5.97 Å². The zero-order chi connectivity index (χ0) is 18.9. The van der Waals surface area contributed by atoms with Gasteiger partial charge in [0.2, 0.25) is 0 Å². The lowest BCUT2D eigenvalue weighted by atomic mass is 9.82. The van der Waals surface area contributed by atoms with Crippen LogP contribution in [-0.2, 0) is 4.79 Å². The van der Waals surface area contributed by atoms with Gasteiger partial charge in [-0.05, 0) is 43.3 Å². The van der Waals surface area contributed by atoms with Crippen molar-refractivity contribution in [3.63, 3.8) is 0 Å². The van der Waals surface area contributed by atoms with Crippen molar-refractivity contribution < 1.29 is 9.90 Å². The lowest BCUT2D eigenvalue weighted by molar-refractivity contribution is -0.142. The van der Waals surface area contributed by atoms with Crippen molar-refractivity contribution >= 4 is 23.3 Å². The fraction of sp³-hybridized carbons (Fsp3) is 0.905. The van der Waals surface area contributed by atoms with Crippen LogP contribution >= 0.6 is 12.2 Å². The molecule has 0 aliphatic rings. The minimum Gasteiger partial charge on any atom is -0.481 e. The molecule has 3 unspecified atom stereocenters. The van der Waals surface area contributed by atoms with Crippen LogP contribution in [0.1, 0.15) is 97.8 Å². The van der Waals surface area contributed by atoms with E-state index in [1.165, 1.54) is 51.4 Å². The predicted octanol–water partition coefficient (Wildman–Crippen LogP) is 6.76. The Labute approximate surface area is 160 Å². The van der Waals surface area contributed by atoms with Gasteiger partial charge in [-0.1, -0.05) is 78.6 Å². The summed E-state index contributed by atoms with van der Waals surface area (Å²) in [6.07, 6.45) is 13.9. The Kier molecular flexibility index (Phi) is 16.2. The quantitative estimate of drug-likeness (QED) is 0.175. The number of aliphatic imine (C=N–C) groups is 1. The molecule has 0 saturated heterocycles. The van der Waals surface area contributed by atoms with Gasteiger partial charge in [0.05, 0.1) is 11.1 Å². The molecule has 0 spiro atoms. The fourth-order valence-electron chi connectivity index (χ4n) is 3.36. The molecule has 0 aromatic heterocycles. The third-order valence-corrected chi connectivity index (χ3v) is 5.51. The molecular weight excluding hydrogens is 330 g/mol. The number of aliphatic carboxylic acids is 1. The van der Waals surface area contributed by atoms with Gasteiger partial charge in [-0.25, -0.2) is 4.99 Å². The Morgan fingerprint density at radius 3 is 2.16 bits per heavy atom. The van der Waals surface area contributed by atoms with E-state index >= 15 is 0 Å². The number of carboxylic acid groups (broad SMARTS) is 1. The molecule has 25 heavy (non-hydrogen) atoms. The molecule has 0 bridgehead atoms. The lowest BCUT2D eigenvalue weighted by Crippen LogP contribution is -2.20. The molecule has 4 heteroatoms. The van der Waals surface area contributed by atoms with E-state index in [1.807, 2.05) is 0 Å². The smallest absolute Gasteiger partial charge is 0.306 e. The molecule has 0 aliphatic carbocycles. The van der Waals surface area contributed by atoms with Crippen molar-refractivity contribution in [1.29, 1.82) is 0 Å². The first-order valence-corrected chi connectivity index (χ1v) is 10.7. The van der Waals surface area contributed by atoms with Gasteiger partial charge in [-0.2, -0.15) is 0 Å². The van der Waals surface area contributed by atoms with Gasteiger partial charge in [-0.3, -0.25) is 4.79 Å². The molecule has 0 heterocycles. The van der Waals surface area contributed by atoms with Gasteiger partial charge < -0.3 is 5.11 Å². The Bertz CT molecular complexity index is 380. The average Bonchev–Trinajstić information content (AvgIpc) is 2.59. The topological polar surface area (TPSA) is 49.7 Å². The summed E-state index contributed by atoms with van der Waals surface area (Å²) in [5, 5.41) is 11.8. The maximum absolute atomic E-state index is 11.5. The van der Waals surface area contributed by atoms with E-state index in [9.17, 15) is 9.90 Å². The number of carboxylic acids is 1. The molecule has 0 fully saturated rings. The normalized spacial score (nSPS) is 14.5. The number of isothiocyanates is 1. The molecule has 1 N–H and O–H groups in total. The zero-order valence-electron chi connectivity index (χ0n) is 16.6. The van der Waals surface area contributed by atoms with Crippen molar-refractivity contribution in [2.75, 3.05) is 6.54 Å². The average molecular weight is 370 g/mol. The number of nitrogens with zero attached hydrogens (tertiary/aromatic N) is 1. The molecular formula is C21H39NO2S. The van der Waals surface area contributed by atoms with E-state index in [1.54, 1.807) is 0 Å². The van der Waals surface area contributed by atoms with Crippen LogP contribution in [0.4, 0.5) is 0 Å². The number of hydrogen-bond donors (Lipinski definition) is 1. The fourth-order valence-corrected chi connectivity index (χ4v) is 3.45. The van der Waals surface area contributed by atoms with Crippen molar-refractivity contribution in [3.05, 3.63) is 0 Å². The molecule has 0 aliphatic heterocycles. The lowest BCUT2D eigenvalue weighted by Gasteiger charge is -2.23. The summed E-state index contributed by atoms with van der Waals surface area (Å²) < 4.78 is 0. The summed E-state index contributed by atoms with van der Waals surface area (Å²) in [5.74, 6) is 0.216. The largest absolute Gasteiger partial charge is 0.481 e. The van der Waals surface area contributed by atoms with Crippen LogP contribution in [0.2, 0.25) is 0 Å². The first-order valence-electron chi connectivity index (χ1n) is 10.3. The first-order chi connectivity index (χ1) is 12.0. The summed E-state index contributed by atoms with van der Waals surface area (Å²) in [7, 11) is 0. The molecule has 0 aromatic carbocycles.